The lowest BCUT2D eigenvalue weighted by atomic mass is 9.87. The molecule has 0 bridgehead atoms. The molecule has 1 atom stereocenters. The third-order valence-electron chi connectivity index (χ3n) is 3.61. The lowest BCUT2D eigenvalue weighted by Crippen LogP contribution is -2.10. The molecule has 0 amide bonds. The zero-order valence-electron chi connectivity index (χ0n) is 15.1. The summed E-state index contributed by atoms with van der Waals surface area (Å²) in [5, 5.41) is 0. The van der Waals surface area contributed by atoms with Gasteiger partial charge in [0.05, 0.1) is 0 Å². The maximum atomic E-state index is 8.81. The highest BCUT2D eigenvalue weighted by molar-refractivity contribution is 5.44. The summed E-state index contributed by atoms with van der Waals surface area (Å²) in [5.74, 6) is 1.87. The van der Waals surface area contributed by atoms with E-state index >= 15 is 0 Å². The summed E-state index contributed by atoms with van der Waals surface area (Å²) in [6, 6.07) is 10.9. The molecule has 1 heteroatoms. The Kier molecular flexibility index (Phi) is 17.9. The average molecular weight is 293 g/mol. The molecule has 21 heavy (non-hydrogen) atoms. The fourth-order valence-electron chi connectivity index (χ4n) is 2.68. The first kappa shape index (κ1) is 22.2. The molecule has 0 heterocycles. The van der Waals surface area contributed by atoms with Gasteiger partial charge < -0.3 is 4.79 Å². The summed E-state index contributed by atoms with van der Waals surface area (Å²) < 4.78 is 0. The van der Waals surface area contributed by atoms with E-state index in [-0.39, 0.29) is 0 Å². The molecule has 1 aliphatic rings. The van der Waals surface area contributed by atoms with Crippen molar-refractivity contribution in [3.8, 4) is 0 Å². The van der Waals surface area contributed by atoms with Gasteiger partial charge in [0.15, 0.2) is 0 Å². The smallest absolute Gasteiger partial charge is 0.116 e. The zero-order valence-corrected chi connectivity index (χ0v) is 15.1. The zero-order chi connectivity index (χ0) is 16.5. The molecule has 122 valence electrons. The Morgan fingerprint density at radius 3 is 1.90 bits per heavy atom. The molecule has 0 saturated heterocycles. The number of hydrogen-bond donors (Lipinski definition) is 0. The van der Waals surface area contributed by atoms with Crippen molar-refractivity contribution in [2.45, 2.75) is 73.6 Å². The summed E-state index contributed by atoms with van der Waals surface area (Å²) in [7, 11) is 0. The number of hydrogen-bond acceptors (Lipinski definition) is 1. The van der Waals surface area contributed by atoms with Crippen LogP contribution in [-0.2, 0) is 11.2 Å². The van der Waals surface area contributed by atoms with Crippen LogP contribution in [0.4, 0.5) is 0 Å². The van der Waals surface area contributed by atoms with Gasteiger partial charge in [-0.05, 0) is 30.7 Å². The van der Waals surface area contributed by atoms with E-state index in [1.54, 1.807) is 0 Å². The van der Waals surface area contributed by atoms with Gasteiger partial charge >= 0.3 is 0 Å². The van der Waals surface area contributed by atoms with E-state index in [0.29, 0.717) is 0 Å². The van der Waals surface area contributed by atoms with Crippen LogP contribution in [0.3, 0.4) is 0 Å². The molecular weight excluding hydrogens is 256 g/mol. The van der Waals surface area contributed by atoms with Crippen LogP contribution < -0.4 is 0 Å². The number of carbonyl (C=O) groups excluding carboxylic acids is 1. The van der Waals surface area contributed by atoms with Crippen molar-refractivity contribution in [3.63, 3.8) is 0 Å². The average Bonchev–Trinajstić information content (AvgIpc) is 3.08. The van der Waals surface area contributed by atoms with Crippen molar-refractivity contribution >= 4 is 6.29 Å². The minimum Gasteiger partial charge on any atom is -0.304 e. The van der Waals surface area contributed by atoms with Crippen LogP contribution >= 0.6 is 0 Å². The summed E-state index contributed by atoms with van der Waals surface area (Å²) in [6.45, 7) is 11.9. The first-order chi connectivity index (χ1) is 10.3. The Bertz CT molecular complexity index is 299. The quantitative estimate of drug-likeness (QED) is 0.596. The van der Waals surface area contributed by atoms with Crippen molar-refractivity contribution < 1.29 is 4.79 Å². The van der Waals surface area contributed by atoms with Crippen LogP contribution in [0.5, 0.6) is 0 Å². The molecule has 1 saturated carbocycles. The molecular formula is C20H36O. The van der Waals surface area contributed by atoms with E-state index in [1.807, 2.05) is 27.7 Å². The van der Waals surface area contributed by atoms with Crippen molar-refractivity contribution in [1.29, 1.82) is 0 Å². The molecule has 0 spiro atoms. The van der Waals surface area contributed by atoms with Gasteiger partial charge in [-0.15, -0.1) is 0 Å². The maximum absolute atomic E-state index is 8.81. The Balaban J connectivity index is 0. The molecule has 1 aromatic rings. The summed E-state index contributed by atoms with van der Waals surface area (Å²) in [4.78, 5) is 8.81. The van der Waals surface area contributed by atoms with Gasteiger partial charge in [0, 0.05) is 0 Å². The molecule has 0 aromatic heterocycles. The van der Waals surface area contributed by atoms with E-state index in [2.05, 4.69) is 37.3 Å². The Morgan fingerprint density at radius 2 is 1.48 bits per heavy atom. The van der Waals surface area contributed by atoms with Crippen LogP contribution in [0.2, 0.25) is 0 Å². The van der Waals surface area contributed by atoms with E-state index in [1.165, 1.54) is 44.6 Å². The Labute approximate surface area is 133 Å². The molecule has 1 aromatic carbocycles. The lowest BCUT2D eigenvalue weighted by molar-refractivity contribution is -0.106. The number of rotatable bonds is 3. The third-order valence-corrected chi connectivity index (χ3v) is 3.61. The topological polar surface area (TPSA) is 17.1 Å². The molecule has 1 aliphatic carbocycles. The van der Waals surface area contributed by atoms with Crippen LogP contribution in [0.25, 0.3) is 0 Å². The van der Waals surface area contributed by atoms with Gasteiger partial charge in [-0.1, -0.05) is 90.6 Å². The number of benzene rings is 1. The molecule has 0 radical (unpaired) electrons. The Morgan fingerprint density at radius 1 is 1.05 bits per heavy atom. The fraction of sp³-hybridized carbons (Fsp3) is 0.650. The van der Waals surface area contributed by atoms with Gasteiger partial charge in [0.2, 0.25) is 0 Å². The van der Waals surface area contributed by atoms with Crippen LogP contribution in [-0.4, -0.2) is 6.29 Å². The number of carbonyl (C=O) groups is 1. The minimum atomic E-state index is 0.750. The normalized spacial score (nSPS) is 14.4. The highest BCUT2D eigenvalue weighted by atomic mass is 16.1. The molecule has 0 N–H and O–H groups in total. The van der Waals surface area contributed by atoms with Gasteiger partial charge in [-0.3, -0.25) is 0 Å². The molecule has 0 aliphatic heterocycles. The van der Waals surface area contributed by atoms with Crippen LogP contribution in [0, 0.1) is 11.8 Å². The largest absolute Gasteiger partial charge is 0.304 e. The summed E-state index contributed by atoms with van der Waals surface area (Å²) in [6.07, 6.45) is 7.88. The van der Waals surface area contributed by atoms with Gasteiger partial charge in [-0.2, -0.15) is 0 Å². The van der Waals surface area contributed by atoms with Crippen LogP contribution in [0.1, 0.15) is 72.8 Å². The molecule has 1 unspecified atom stereocenters. The second-order valence-electron chi connectivity index (χ2n) is 4.95. The van der Waals surface area contributed by atoms with Crippen LogP contribution in [0.15, 0.2) is 30.3 Å². The molecule has 1 fully saturated rings. The monoisotopic (exact) mass is 292 g/mol. The summed E-state index contributed by atoms with van der Waals surface area (Å²) in [5.41, 5.74) is 1.51. The van der Waals surface area contributed by atoms with E-state index < -0.39 is 0 Å². The van der Waals surface area contributed by atoms with Crippen molar-refractivity contribution in [2.24, 2.45) is 11.8 Å². The first-order valence-corrected chi connectivity index (χ1v) is 8.71. The van der Waals surface area contributed by atoms with Gasteiger partial charge in [-0.25, -0.2) is 0 Å². The summed E-state index contributed by atoms with van der Waals surface area (Å²) >= 11 is 0. The van der Waals surface area contributed by atoms with E-state index in [9.17, 15) is 0 Å². The van der Waals surface area contributed by atoms with E-state index in [4.69, 9.17) is 4.79 Å². The fourth-order valence-corrected chi connectivity index (χ4v) is 2.68. The second kappa shape index (κ2) is 16.9. The SMILES string of the molecule is CC.CC.CC(Cc1ccccc1)C1CCCC1.CC=O. The van der Waals surface area contributed by atoms with Gasteiger partial charge in [0.25, 0.3) is 0 Å². The Hall–Kier alpha value is -1.11. The lowest BCUT2D eigenvalue weighted by Gasteiger charge is -2.18. The molecule has 2 rings (SSSR count). The highest BCUT2D eigenvalue weighted by Gasteiger charge is 2.21. The van der Waals surface area contributed by atoms with Crippen molar-refractivity contribution in [3.05, 3.63) is 35.9 Å². The predicted molar refractivity (Wildman–Crippen MR) is 95.7 cm³/mol. The first-order valence-electron chi connectivity index (χ1n) is 8.71. The minimum absolute atomic E-state index is 0.750. The third kappa shape index (κ3) is 11.2. The number of aldehydes is 1. The van der Waals surface area contributed by atoms with Gasteiger partial charge in [0.1, 0.15) is 6.29 Å². The molecule has 1 nitrogen and oxygen atoms in total. The predicted octanol–water partition coefficient (Wildman–Crippen LogP) is 6.31. The van der Waals surface area contributed by atoms with Crippen molar-refractivity contribution in [2.75, 3.05) is 0 Å². The second-order valence-corrected chi connectivity index (χ2v) is 4.95. The van der Waals surface area contributed by atoms with E-state index in [0.717, 1.165) is 18.1 Å². The van der Waals surface area contributed by atoms with Crippen molar-refractivity contribution in [1.82, 2.24) is 0 Å². The maximum Gasteiger partial charge on any atom is 0.116 e. The standard InChI is InChI=1S/C14H20.C2H4O.2C2H6/c1-12(14-9-5-6-10-14)11-13-7-3-2-4-8-13;1-2-3;2*1-2/h2-4,7-8,12,14H,5-6,9-11H2,1H3;2H,1H3;2*1-2H3. The highest BCUT2D eigenvalue weighted by Crippen LogP contribution is 2.32.